The summed E-state index contributed by atoms with van der Waals surface area (Å²) < 4.78 is 0. The van der Waals surface area contributed by atoms with Crippen molar-refractivity contribution in [2.75, 3.05) is 11.9 Å². The molecule has 2 heteroatoms. The van der Waals surface area contributed by atoms with Crippen LogP contribution in [-0.4, -0.2) is 11.7 Å². The lowest BCUT2D eigenvalue weighted by atomic mass is 10.2. The summed E-state index contributed by atoms with van der Waals surface area (Å²) in [7, 11) is 0. The summed E-state index contributed by atoms with van der Waals surface area (Å²) in [6.45, 7) is 4.78. The maximum Gasteiger partial charge on any atom is 0.138 e. The molecular weight excluding hydrogens is 138 g/mol. The van der Waals surface area contributed by atoms with Crippen molar-refractivity contribution in [2.45, 2.75) is 13.8 Å². The third-order valence-electron chi connectivity index (χ3n) is 1.52. The fraction of sp³-hybridized carbons (Fsp3) is 0.333. The van der Waals surface area contributed by atoms with Gasteiger partial charge in [-0.15, -0.1) is 0 Å². The van der Waals surface area contributed by atoms with E-state index in [0.717, 1.165) is 17.8 Å². The van der Waals surface area contributed by atoms with E-state index in [-0.39, 0.29) is 0 Å². The SMILES string of the molecule is CCNc1ccc(C)cc1O. The van der Waals surface area contributed by atoms with Crippen LogP contribution >= 0.6 is 0 Å². The average Bonchev–Trinajstić information content (AvgIpc) is 1.95. The summed E-state index contributed by atoms with van der Waals surface area (Å²) in [6.07, 6.45) is 0. The molecule has 1 aromatic carbocycles. The second-order valence-electron chi connectivity index (χ2n) is 2.55. The first-order valence-electron chi connectivity index (χ1n) is 3.77. The Morgan fingerprint density at radius 2 is 2.18 bits per heavy atom. The standard InChI is InChI=1S/C9H13NO/c1-3-10-8-5-4-7(2)6-9(8)11/h4-6,10-11H,3H2,1-2H3. The molecule has 0 saturated heterocycles. The Bertz CT molecular complexity index is 245. The van der Waals surface area contributed by atoms with Crippen LogP contribution < -0.4 is 5.32 Å². The van der Waals surface area contributed by atoms with Crippen LogP contribution in [0.2, 0.25) is 0 Å². The zero-order valence-electron chi connectivity index (χ0n) is 6.89. The van der Waals surface area contributed by atoms with Crippen LogP contribution in [0.3, 0.4) is 0 Å². The first-order valence-corrected chi connectivity index (χ1v) is 3.77. The van der Waals surface area contributed by atoms with Crippen molar-refractivity contribution in [3.05, 3.63) is 23.8 Å². The van der Waals surface area contributed by atoms with Crippen LogP contribution in [0, 0.1) is 6.92 Å². The summed E-state index contributed by atoms with van der Waals surface area (Å²) in [4.78, 5) is 0. The highest BCUT2D eigenvalue weighted by atomic mass is 16.3. The second-order valence-corrected chi connectivity index (χ2v) is 2.55. The first-order chi connectivity index (χ1) is 5.24. The van der Waals surface area contributed by atoms with Gasteiger partial charge < -0.3 is 10.4 Å². The van der Waals surface area contributed by atoms with E-state index in [9.17, 15) is 5.11 Å². The van der Waals surface area contributed by atoms with Crippen LogP contribution in [0.1, 0.15) is 12.5 Å². The third-order valence-corrected chi connectivity index (χ3v) is 1.52. The van der Waals surface area contributed by atoms with Gasteiger partial charge in [0, 0.05) is 6.54 Å². The van der Waals surface area contributed by atoms with E-state index in [1.807, 2.05) is 26.0 Å². The highest BCUT2D eigenvalue weighted by Crippen LogP contribution is 2.23. The average molecular weight is 151 g/mol. The molecule has 0 heterocycles. The van der Waals surface area contributed by atoms with E-state index in [0.29, 0.717) is 5.75 Å². The van der Waals surface area contributed by atoms with Crippen molar-refractivity contribution >= 4 is 5.69 Å². The van der Waals surface area contributed by atoms with Crippen LogP contribution in [-0.2, 0) is 0 Å². The fourth-order valence-corrected chi connectivity index (χ4v) is 0.982. The van der Waals surface area contributed by atoms with Gasteiger partial charge in [0.1, 0.15) is 5.75 Å². The molecule has 0 saturated carbocycles. The number of anilines is 1. The molecule has 0 aliphatic rings. The van der Waals surface area contributed by atoms with Crippen molar-refractivity contribution in [2.24, 2.45) is 0 Å². The molecule has 0 spiro atoms. The fourth-order valence-electron chi connectivity index (χ4n) is 0.982. The predicted octanol–water partition coefficient (Wildman–Crippen LogP) is 2.13. The van der Waals surface area contributed by atoms with Gasteiger partial charge >= 0.3 is 0 Å². The Kier molecular flexibility index (Phi) is 2.36. The lowest BCUT2D eigenvalue weighted by Gasteiger charge is -2.05. The molecule has 2 nitrogen and oxygen atoms in total. The molecule has 1 aromatic rings. The molecule has 1 rings (SSSR count). The predicted molar refractivity (Wildman–Crippen MR) is 47.0 cm³/mol. The molecule has 0 bridgehead atoms. The molecule has 0 aromatic heterocycles. The van der Waals surface area contributed by atoms with Gasteiger partial charge in [-0.2, -0.15) is 0 Å². The van der Waals surface area contributed by atoms with Crippen LogP contribution in [0.15, 0.2) is 18.2 Å². The van der Waals surface area contributed by atoms with Crippen molar-refractivity contribution < 1.29 is 5.11 Å². The highest BCUT2D eigenvalue weighted by Gasteiger charge is 1.97. The maximum atomic E-state index is 9.36. The normalized spacial score (nSPS) is 9.64. The molecular formula is C9H13NO. The number of hydrogen-bond acceptors (Lipinski definition) is 2. The van der Waals surface area contributed by atoms with Crippen molar-refractivity contribution in [3.63, 3.8) is 0 Å². The van der Waals surface area contributed by atoms with Gasteiger partial charge in [0.25, 0.3) is 0 Å². The van der Waals surface area contributed by atoms with E-state index in [2.05, 4.69) is 5.32 Å². The Morgan fingerprint density at radius 3 is 2.73 bits per heavy atom. The molecule has 11 heavy (non-hydrogen) atoms. The van der Waals surface area contributed by atoms with E-state index in [4.69, 9.17) is 0 Å². The van der Waals surface area contributed by atoms with Crippen LogP contribution in [0.5, 0.6) is 5.75 Å². The van der Waals surface area contributed by atoms with E-state index < -0.39 is 0 Å². The van der Waals surface area contributed by atoms with Gasteiger partial charge in [0.05, 0.1) is 5.69 Å². The Morgan fingerprint density at radius 1 is 1.45 bits per heavy atom. The molecule has 2 N–H and O–H groups in total. The second kappa shape index (κ2) is 3.28. The number of benzene rings is 1. The summed E-state index contributed by atoms with van der Waals surface area (Å²) in [5.74, 6) is 0.326. The van der Waals surface area contributed by atoms with Gasteiger partial charge in [-0.05, 0) is 31.5 Å². The molecule has 0 aliphatic heterocycles. The van der Waals surface area contributed by atoms with Gasteiger partial charge in [-0.25, -0.2) is 0 Å². The van der Waals surface area contributed by atoms with E-state index in [1.54, 1.807) is 6.07 Å². The largest absolute Gasteiger partial charge is 0.506 e. The number of rotatable bonds is 2. The zero-order chi connectivity index (χ0) is 8.27. The molecule has 0 radical (unpaired) electrons. The summed E-state index contributed by atoms with van der Waals surface area (Å²) in [5.41, 5.74) is 1.88. The number of hydrogen-bond donors (Lipinski definition) is 2. The molecule has 60 valence electrons. The molecule has 0 amide bonds. The zero-order valence-corrected chi connectivity index (χ0v) is 6.89. The summed E-state index contributed by atoms with van der Waals surface area (Å²) in [6, 6.07) is 5.60. The molecule has 0 atom stereocenters. The quantitative estimate of drug-likeness (QED) is 0.634. The van der Waals surface area contributed by atoms with Crippen molar-refractivity contribution in [1.29, 1.82) is 0 Å². The van der Waals surface area contributed by atoms with Crippen LogP contribution in [0.4, 0.5) is 5.69 Å². The minimum absolute atomic E-state index is 0.326. The molecule has 0 fully saturated rings. The summed E-state index contributed by atoms with van der Waals surface area (Å²) >= 11 is 0. The Labute approximate surface area is 66.9 Å². The number of aromatic hydroxyl groups is 1. The highest BCUT2D eigenvalue weighted by molar-refractivity contribution is 5.56. The number of nitrogens with one attached hydrogen (secondary N) is 1. The lowest BCUT2D eigenvalue weighted by molar-refractivity contribution is 0.477. The summed E-state index contributed by atoms with van der Waals surface area (Å²) in [5, 5.41) is 12.4. The molecule has 0 aliphatic carbocycles. The smallest absolute Gasteiger partial charge is 0.138 e. The van der Waals surface area contributed by atoms with E-state index in [1.165, 1.54) is 0 Å². The third kappa shape index (κ3) is 1.87. The number of aryl methyl sites for hydroxylation is 1. The van der Waals surface area contributed by atoms with Crippen molar-refractivity contribution in [1.82, 2.24) is 0 Å². The minimum Gasteiger partial charge on any atom is -0.506 e. The number of phenols is 1. The number of phenolic OH excluding ortho intramolecular Hbond substituents is 1. The van der Waals surface area contributed by atoms with E-state index >= 15 is 0 Å². The minimum atomic E-state index is 0.326. The topological polar surface area (TPSA) is 32.3 Å². The first kappa shape index (κ1) is 7.92. The Hall–Kier alpha value is -1.18. The monoisotopic (exact) mass is 151 g/mol. The van der Waals surface area contributed by atoms with Gasteiger partial charge in [-0.1, -0.05) is 6.07 Å². The van der Waals surface area contributed by atoms with Crippen molar-refractivity contribution in [3.8, 4) is 5.75 Å². The Balaban J connectivity index is 2.90. The van der Waals surface area contributed by atoms with Crippen LogP contribution in [0.25, 0.3) is 0 Å². The van der Waals surface area contributed by atoms with Gasteiger partial charge in [0.15, 0.2) is 0 Å². The lowest BCUT2D eigenvalue weighted by Crippen LogP contribution is -1.96. The maximum absolute atomic E-state index is 9.36. The van der Waals surface area contributed by atoms with Gasteiger partial charge in [0.2, 0.25) is 0 Å². The molecule has 0 unspecified atom stereocenters. The van der Waals surface area contributed by atoms with Gasteiger partial charge in [-0.3, -0.25) is 0 Å².